The van der Waals surface area contributed by atoms with E-state index in [1.807, 2.05) is 0 Å². The summed E-state index contributed by atoms with van der Waals surface area (Å²) in [4.78, 5) is 38.4. The Morgan fingerprint density at radius 2 is 0.494 bits per heavy atom. The Balaban J connectivity index is 4.32. The molecule has 0 heterocycles. The topological polar surface area (TPSA) is 78.9 Å². The second-order valence-electron chi connectivity index (χ2n) is 22.7. The van der Waals surface area contributed by atoms with Crippen molar-refractivity contribution in [3.63, 3.8) is 0 Å². The van der Waals surface area contributed by atoms with Gasteiger partial charge in [-0.2, -0.15) is 0 Å². The van der Waals surface area contributed by atoms with Gasteiger partial charge in [0.15, 0.2) is 6.10 Å². The maximum Gasteiger partial charge on any atom is 0.306 e. The van der Waals surface area contributed by atoms with Gasteiger partial charge in [-0.1, -0.05) is 304 Å². The highest BCUT2D eigenvalue weighted by molar-refractivity contribution is 5.71. The van der Waals surface area contributed by atoms with Crippen LogP contribution in [0, 0.1) is 0 Å². The second-order valence-corrected chi connectivity index (χ2v) is 22.7. The van der Waals surface area contributed by atoms with E-state index in [1.165, 1.54) is 180 Å². The Labute approximate surface area is 501 Å². The molecule has 6 nitrogen and oxygen atoms in total. The average Bonchev–Trinajstić information content (AvgIpc) is 3.47. The fourth-order valence-electron chi connectivity index (χ4n) is 9.67. The van der Waals surface area contributed by atoms with Crippen LogP contribution in [0.1, 0.15) is 329 Å². The lowest BCUT2D eigenvalue weighted by atomic mass is 10.0. The van der Waals surface area contributed by atoms with E-state index >= 15 is 0 Å². The molecular formula is C75H128O6. The summed E-state index contributed by atoms with van der Waals surface area (Å²) in [6, 6.07) is 0. The fraction of sp³-hybridized carbons (Fsp3) is 0.720. The van der Waals surface area contributed by atoms with Crippen molar-refractivity contribution in [2.45, 2.75) is 335 Å². The lowest BCUT2D eigenvalue weighted by Gasteiger charge is -2.18. The first-order valence-electron chi connectivity index (χ1n) is 34.4. The zero-order chi connectivity index (χ0) is 58.5. The Morgan fingerprint density at radius 3 is 0.802 bits per heavy atom. The SMILES string of the molecule is CC/C=C\C/C=C\C/C=C\C/C=C\C/C=C\CCCC(=O)OC(COC(=O)CCCCCCCCC/C=C\C/C=C\C/C=C\CC)COC(=O)CCCCCCCCCCCCCCCCCCC/C=C\CCCCCCCCCC. The Bertz CT molecular complexity index is 1620. The summed E-state index contributed by atoms with van der Waals surface area (Å²) in [6.07, 6.45) is 94.1. The summed E-state index contributed by atoms with van der Waals surface area (Å²) in [5.74, 6) is -0.962. The number of carbonyl (C=O) groups is 3. The van der Waals surface area contributed by atoms with E-state index in [2.05, 4.69) is 130 Å². The smallest absolute Gasteiger partial charge is 0.306 e. The van der Waals surface area contributed by atoms with Crippen LogP contribution in [-0.2, 0) is 28.6 Å². The first kappa shape index (κ1) is 77.1. The van der Waals surface area contributed by atoms with Crippen LogP contribution in [0.4, 0.5) is 0 Å². The van der Waals surface area contributed by atoms with Gasteiger partial charge in [0.2, 0.25) is 0 Å². The zero-order valence-corrected chi connectivity index (χ0v) is 53.3. The van der Waals surface area contributed by atoms with Gasteiger partial charge in [0, 0.05) is 19.3 Å². The van der Waals surface area contributed by atoms with Gasteiger partial charge in [-0.05, 0) is 116 Å². The van der Waals surface area contributed by atoms with Crippen LogP contribution in [0.2, 0.25) is 0 Å². The lowest BCUT2D eigenvalue weighted by Crippen LogP contribution is -2.30. The number of hydrogen-bond acceptors (Lipinski definition) is 6. The molecule has 0 saturated carbocycles. The third-order valence-electron chi connectivity index (χ3n) is 14.7. The molecule has 464 valence electrons. The molecule has 0 amide bonds. The third-order valence-corrected chi connectivity index (χ3v) is 14.7. The lowest BCUT2D eigenvalue weighted by molar-refractivity contribution is -0.167. The van der Waals surface area contributed by atoms with Gasteiger partial charge in [-0.3, -0.25) is 14.4 Å². The van der Waals surface area contributed by atoms with E-state index in [0.717, 1.165) is 103 Å². The third kappa shape index (κ3) is 66.8. The molecule has 0 aliphatic heterocycles. The quantitative estimate of drug-likeness (QED) is 0.0261. The van der Waals surface area contributed by atoms with Crippen molar-refractivity contribution < 1.29 is 28.6 Å². The summed E-state index contributed by atoms with van der Waals surface area (Å²) >= 11 is 0. The molecule has 0 bridgehead atoms. The number of esters is 3. The monoisotopic (exact) mass is 1120 g/mol. The molecule has 81 heavy (non-hydrogen) atoms. The van der Waals surface area contributed by atoms with Crippen molar-refractivity contribution in [1.29, 1.82) is 0 Å². The molecule has 0 aromatic rings. The summed E-state index contributed by atoms with van der Waals surface area (Å²) in [5, 5.41) is 0. The van der Waals surface area contributed by atoms with E-state index in [4.69, 9.17) is 14.2 Å². The normalized spacial score (nSPS) is 12.8. The van der Waals surface area contributed by atoms with Gasteiger partial charge < -0.3 is 14.2 Å². The summed E-state index contributed by atoms with van der Waals surface area (Å²) < 4.78 is 16.9. The minimum atomic E-state index is -0.815. The van der Waals surface area contributed by atoms with Crippen LogP contribution >= 0.6 is 0 Å². The predicted molar refractivity (Wildman–Crippen MR) is 353 cm³/mol. The van der Waals surface area contributed by atoms with Gasteiger partial charge in [-0.25, -0.2) is 0 Å². The number of ether oxygens (including phenoxy) is 3. The van der Waals surface area contributed by atoms with Crippen LogP contribution in [0.15, 0.2) is 109 Å². The molecule has 0 aliphatic carbocycles. The van der Waals surface area contributed by atoms with Gasteiger partial charge in [0.05, 0.1) is 0 Å². The van der Waals surface area contributed by atoms with Gasteiger partial charge in [0.25, 0.3) is 0 Å². The number of allylic oxidation sites excluding steroid dienone is 18. The van der Waals surface area contributed by atoms with Crippen molar-refractivity contribution in [2.24, 2.45) is 0 Å². The van der Waals surface area contributed by atoms with Crippen molar-refractivity contribution in [2.75, 3.05) is 13.2 Å². The van der Waals surface area contributed by atoms with Crippen LogP contribution in [0.5, 0.6) is 0 Å². The predicted octanol–water partition coefficient (Wildman–Crippen LogP) is 23.8. The standard InChI is InChI=1S/C75H128O6/c1-4-7-10-13-16-19-22-25-28-31-32-33-34-35-36-37-38-39-40-41-42-45-47-50-53-56-59-62-65-68-74(77)80-71-72(81-75(78)69-66-63-60-57-54-51-48-44-30-27-24-21-18-15-12-9-6-3)70-79-73(76)67-64-61-58-55-52-49-46-43-29-26-23-20-17-14-11-8-5-2/h8-9,11-12,17-18,20-21,26-27,29-32,48,51,57,60,72H,4-7,10,13-16,19,22-25,28,33-47,49-50,52-56,58-59,61-71H2,1-3H3/b11-8-,12-9-,20-17-,21-18-,29-26-,30-27-,32-31-,51-48-,60-57-. The molecule has 0 aromatic heterocycles. The van der Waals surface area contributed by atoms with E-state index in [-0.39, 0.29) is 37.5 Å². The number of rotatable bonds is 62. The molecule has 0 aromatic carbocycles. The van der Waals surface area contributed by atoms with Crippen LogP contribution in [0.25, 0.3) is 0 Å². The van der Waals surface area contributed by atoms with Crippen LogP contribution < -0.4 is 0 Å². The van der Waals surface area contributed by atoms with Gasteiger partial charge >= 0.3 is 17.9 Å². The van der Waals surface area contributed by atoms with Gasteiger partial charge in [0.1, 0.15) is 13.2 Å². The van der Waals surface area contributed by atoms with E-state index in [1.54, 1.807) is 0 Å². The Morgan fingerprint density at radius 1 is 0.259 bits per heavy atom. The average molecular weight is 1130 g/mol. The van der Waals surface area contributed by atoms with E-state index in [9.17, 15) is 14.4 Å². The Kier molecular flexibility index (Phi) is 65.2. The molecule has 0 saturated heterocycles. The largest absolute Gasteiger partial charge is 0.462 e. The molecule has 0 N–H and O–H groups in total. The van der Waals surface area contributed by atoms with E-state index in [0.29, 0.717) is 19.3 Å². The molecule has 0 spiro atoms. The molecule has 6 heteroatoms. The van der Waals surface area contributed by atoms with Crippen molar-refractivity contribution in [1.82, 2.24) is 0 Å². The van der Waals surface area contributed by atoms with Crippen LogP contribution in [-0.4, -0.2) is 37.2 Å². The summed E-state index contributed by atoms with van der Waals surface area (Å²) in [5.41, 5.74) is 0. The zero-order valence-electron chi connectivity index (χ0n) is 53.3. The molecule has 0 rings (SSSR count). The van der Waals surface area contributed by atoms with Crippen molar-refractivity contribution in [3.05, 3.63) is 109 Å². The number of unbranched alkanes of at least 4 members (excludes halogenated alkanes) is 33. The first-order valence-corrected chi connectivity index (χ1v) is 34.4. The highest BCUT2D eigenvalue weighted by Crippen LogP contribution is 2.17. The molecular weight excluding hydrogens is 997 g/mol. The summed E-state index contributed by atoms with van der Waals surface area (Å²) in [6.45, 7) is 6.39. The molecule has 0 aliphatic rings. The summed E-state index contributed by atoms with van der Waals surface area (Å²) in [7, 11) is 0. The maximum atomic E-state index is 12.9. The molecule has 0 fully saturated rings. The first-order chi connectivity index (χ1) is 40.0. The Hall–Kier alpha value is -3.93. The fourth-order valence-corrected chi connectivity index (χ4v) is 9.67. The highest BCUT2D eigenvalue weighted by Gasteiger charge is 2.19. The molecule has 1 unspecified atom stereocenters. The van der Waals surface area contributed by atoms with Crippen molar-refractivity contribution in [3.8, 4) is 0 Å². The van der Waals surface area contributed by atoms with Gasteiger partial charge in [-0.15, -0.1) is 0 Å². The second kappa shape index (κ2) is 68.6. The maximum absolute atomic E-state index is 12.9. The number of carbonyl (C=O) groups excluding carboxylic acids is 3. The highest BCUT2D eigenvalue weighted by atomic mass is 16.6. The van der Waals surface area contributed by atoms with Crippen LogP contribution in [0.3, 0.4) is 0 Å². The van der Waals surface area contributed by atoms with E-state index < -0.39 is 6.10 Å². The minimum Gasteiger partial charge on any atom is -0.462 e. The number of hydrogen-bond donors (Lipinski definition) is 0. The molecule has 1 atom stereocenters. The van der Waals surface area contributed by atoms with Crippen molar-refractivity contribution >= 4 is 17.9 Å². The minimum absolute atomic E-state index is 0.103. The molecule has 0 radical (unpaired) electrons.